The molecule has 0 saturated carbocycles. The van der Waals surface area contributed by atoms with Crippen molar-refractivity contribution in [2.75, 3.05) is 6.54 Å². The van der Waals surface area contributed by atoms with Crippen molar-refractivity contribution < 1.29 is 14.7 Å². The Morgan fingerprint density at radius 3 is 2.78 bits per heavy atom. The first-order chi connectivity index (χ1) is 8.47. The van der Waals surface area contributed by atoms with E-state index in [4.69, 9.17) is 5.11 Å². The quantitative estimate of drug-likeness (QED) is 0.728. The SMILES string of the molecule is Cc1nc(CNC(=O)NCC(C)CC(=O)O)cs1. The number of nitrogens with one attached hydrogen (secondary N) is 2. The van der Waals surface area contributed by atoms with Gasteiger partial charge in [-0.2, -0.15) is 0 Å². The van der Waals surface area contributed by atoms with Gasteiger partial charge in [-0.15, -0.1) is 11.3 Å². The van der Waals surface area contributed by atoms with Crippen molar-refractivity contribution >= 4 is 23.3 Å². The topological polar surface area (TPSA) is 91.3 Å². The number of carbonyl (C=O) groups is 2. The third kappa shape index (κ3) is 5.62. The zero-order chi connectivity index (χ0) is 13.5. The van der Waals surface area contributed by atoms with Crippen LogP contribution in [0, 0.1) is 12.8 Å². The molecule has 0 aliphatic rings. The average Bonchev–Trinajstić information content (AvgIpc) is 2.69. The van der Waals surface area contributed by atoms with Gasteiger partial charge in [-0.3, -0.25) is 4.79 Å². The highest BCUT2D eigenvalue weighted by molar-refractivity contribution is 7.09. The molecule has 0 aromatic carbocycles. The van der Waals surface area contributed by atoms with Gasteiger partial charge >= 0.3 is 12.0 Å². The number of thiazole rings is 1. The van der Waals surface area contributed by atoms with E-state index in [1.165, 1.54) is 11.3 Å². The number of rotatable bonds is 6. The van der Waals surface area contributed by atoms with Gasteiger partial charge < -0.3 is 15.7 Å². The second kappa shape index (κ2) is 6.95. The van der Waals surface area contributed by atoms with E-state index in [0.29, 0.717) is 13.1 Å². The number of carboxylic acid groups (broad SMARTS) is 1. The van der Waals surface area contributed by atoms with E-state index in [2.05, 4.69) is 15.6 Å². The van der Waals surface area contributed by atoms with Gasteiger partial charge in [-0.25, -0.2) is 9.78 Å². The van der Waals surface area contributed by atoms with Gasteiger partial charge in [-0.1, -0.05) is 6.92 Å². The average molecular weight is 271 g/mol. The van der Waals surface area contributed by atoms with E-state index in [0.717, 1.165) is 10.7 Å². The van der Waals surface area contributed by atoms with Crippen molar-refractivity contribution in [1.82, 2.24) is 15.6 Å². The van der Waals surface area contributed by atoms with Crippen LogP contribution in [0.3, 0.4) is 0 Å². The molecule has 0 fully saturated rings. The molecule has 0 saturated heterocycles. The largest absolute Gasteiger partial charge is 0.481 e. The minimum Gasteiger partial charge on any atom is -0.481 e. The van der Waals surface area contributed by atoms with Crippen molar-refractivity contribution in [3.63, 3.8) is 0 Å². The monoisotopic (exact) mass is 271 g/mol. The molecule has 0 radical (unpaired) electrons. The first-order valence-electron chi connectivity index (χ1n) is 5.62. The number of hydrogen-bond donors (Lipinski definition) is 3. The number of aryl methyl sites for hydroxylation is 1. The third-order valence-electron chi connectivity index (χ3n) is 2.23. The summed E-state index contributed by atoms with van der Waals surface area (Å²) in [6, 6.07) is -0.308. The molecule has 7 heteroatoms. The molecule has 1 aromatic heterocycles. The van der Waals surface area contributed by atoms with Crippen LogP contribution in [0.2, 0.25) is 0 Å². The molecular weight excluding hydrogens is 254 g/mol. The number of amides is 2. The number of aromatic nitrogens is 1. The van der Waals surface area contributed by atoms with E-state index in [1.807, 2.05) is 12.3 Å². The highest BCUT2D eigenvalue weighted by Gasteiger charge is 2.09. The predicted octanol–water partition coefficient (Wildman–Crippen LogP) is 1.36. The van der Waals surface area contributed by atoms with E-state index in [9.17, 15) is 9.59 Å². The van der Waals surface area contributed by atoms with Crippen LogP contribution in [0.15, 0.2) is 5.38 Å². The molecule has 1 aromatic rings. The Bertz CT molecular complexity index is 419. The van der Waals surface area contributed by atoms with Gasteiger partial charge in [0.15, 0.2) is 0 Å². The lowest BCUT2D eigenvalue weighted by atomic mass is 10.1. The van der Waals surface area contributed by atoms with Crippen molar-refractivity contribution in [3.8, 4) is 0 Å². The highest BCUT2D eigenvalue weighted by Crippen LogP contribution is 2.07. The van der Waals surface area contributed by atoms with Crippen LogP contribution in [0.1, 0.15) is 24.0 Å². The molecule has 0 spiro atoms. The molecule has 0 aliphatic carbocycles. The number of aliphatic carboxylic acids is 1. The van der Waals surface area contributed by atoms with E-state index >= 15 is 0 Å². The number of hydrogen-bond acceptors (Lipinski definition) is 4. The van der Waals surface area contributed by atoms with Crippen molar-refractivity contribution in [2.45, 2.75) is 26.8 Å². The number of carboxylic acids is 1. The molecule has 1 unspecified atom stereocenters. The second-order valence-electron chi connectivity index (χ2n) is 4.12. The van der Waals surface area contributed by atoms with Gasteiger partial charge in [0.1, 0.15) is 0 Å². The Hall–Kier alpha value is -1.63. The van der Waals surface area contributed by atoms with Gasteiger partial charge in [0, 0.05) is 18.3 Å². The van der Waals surface area contributed by atoms with Crippen molar-refractivity contribution in [3.05, 3.63) is 16.1 Å². The number of carbonyl (C=O) groups excluding carboxylic acids is 1. The maximum atomic E-state index is 11.4. The lowest BCUT2D eigenvalue weighted by molar-refractivity contribution is -0.137. The number of urea groups is 1. The van der Waals surface area contributed by atoms with Crippen LogP contribution >= 0.6 is 11.3 Å². The molecule has 1 atom stereocenters. The number of nitrogens with zero attached hydrogens (tertiary/aromatic N) is 1. The van der Waals surface area contributed by atoms with Crippen LogP contribution in [0.25, 0.3) is 0 Å². The van der Waals surface area contributed by atoms with Crippen molar-refractivity contribution in [1.29, 1.82) is 0 Å². The minimum absolute atomic E-state index is 0.0472. The summed E-state index contributed by atoms with van der Waals surface area (Å²) in [5.74, 6) is -0.947. The van der Waals surface area contributed by atoms with Gasteiger partial charge in [0.05, 0.1) is 17.2 Å². The van der Waals surface area contributed by atoms with Crippen LogP contribution in [0.5, 0.6) is 0 Å². The van der Waals surface area contributed by atoms with Crippen LogP contribution < -0.4 is 10.6 Å². The summed E-state index contributed by atoms with van der Waals surface area (Å²) in [5, 5.41) is 16.7. The van der Waals surface area contributed by atoms with E-state index < -0.39 is 5.97 Å². The fraction of sp³-hybridized carbons (Fsp3) is 0.545. The Balaban J connectivity index is 2.19. The van der Waals surface area contributed by atoms with Gasteiger partial charge in [0.2, 0.25) is 0 Å². The standard InChI is InChI=1S/C11H17N3O3S/c1-7(3-10(15)16)4-12-11(17)13-5-9-6-18-8(2)14-9/h6-7H,3-5H2,1-2H3,(H,15,16)(H2,12,13,17). The van der Waals surface area contributed by atoms with Crippen LogP contribution in [-0.2, 0) is 11.3 Å². The molecule has 2 amide bonds. The molecule has 6 nitrogen and oxygen atoms in total. The summed E-state index contributed by atoms with van der Waals surface area (Å²) < 4.78 is 0. The smallest absolute Gasteiger partial charge is 0.315 e. The Kier molecular flexibility index (Phi) is 5.57. The maximum absolute atomic E-state index is 11.4. The molecule has 1 heterocycles. The Morgan fingerprint density at radius 1 is 1.50 bits per heavy atom. The predicted molar refractivity (Wildman–Crippen MR) is 68.5 cm³/mol. The Morgan fingerprint density at radius 2 is 2.22 bits per heavy atom. The van der Waals surface area contributed by atoms with E-state index in [-0.39, 0.29) is 18.4 Å². The third-order valence-corrected chi connectivity index (χ3v) is 3.05. The molecule has 0 bridgehead atoms. The summed E-state index contributed by atoms with van der Waals surface area (Å²) in [6.45, 7) is 4.40. The fourth-order valence-corrected chi connectivity index (χ4v) is 1.97. The minimum atomic E-state index is -0.859. The summed E-state index contributed by atoms with van der Waals surface area (Å²) in [4.78, 5) is 26.1. The summed E-state index contributed by atoms with van der Waals surface area (Å²) in [7, 11) is 0. The zero-order valence-corrected chi connectivity index (χ0v) is 11.2. The van der Waals surface area contributed by atoms with Gasteiger partial charge in [-0.05, 0) is 12.8 Å². The molecule has 100 valence electrons. The highest BCUT2D eigenvalue weighted by atomic mass is 32.1. The summed E-state index contributed by atoms with van der Waals surface area (Å²) in [6.07, 6.45) is 0.0472. The maximum Gasteiger partial charge on any atom is 0.315 e. The summed E-state index contributed by atoms with van der Waals surface area (Å²) >= 11 is 1.53. The van der Waals surface area contributed by atoms with Crippen molar-refractivity contribution in [2.24, 2.45) is 5.92 Å². The summed E-state index contributed by atoms with van der Waals surface area (Å²) in [5.41, 5.74) is 0.825. The molecular formula is C11H17N3O3S. The van der Waals surface area contributed by atoms with Crippen LogP contribution in [-0.4, -0.2) is 28.6 Å². The normalized spacial score (nSPS) is 11.9. The first kappa shape index (κ1) is 14.4. The lowest BCUT2D eigenvalue weighted by Crippen LogP contribution is -2.37. The zero-order valence-electron chi connectivity index (χ0n) is 10.4. The lowest BCUT2D eigenvalue weighted by Gasteiger charge is -2.10. The Labute approximate surface area is 109 Å². The second-order valence-corrected chi connectivity index (χ2v) is 5.19. The fourth-order valence-electron chi connectivity index (χ4n) is 1.36. The molecule has 18 heavy (non-hydrogen) atoms. The molecule has 1 rings (SSSR count). The van der Waals surface area contributed by atoms with Crippen LogP contribution in [0.4, 0.5) is 4.79 Å². The first-order valence-corrected chi connectivity index (χ1v) is 6.50. The molecule has 0 aliphatic heterocycles. The van der Waals surface area contributed by atoms with E-state index in [1.54, 1.807) is 6.92 Å². The van der Waals surface area contributed by atoms with Gasteiger partial charge in [0.25, 0.3) is 0 Å². The molecule has 3 N–H and O–H groups in total.